The summed E-state index contributed by atoms with van der Waals surface area (Å²) in [5.41, 5.74) is 1.79. The molecule has 0 bridgehead atoms. The van der Waals surface area contributed by atoms with Crippen LogP contribution in [0.5, 0.6) is 11.5 Å². The molecule has 1 aromatic carbocycles. The number of amides is 1. The van der Waals surface area contributed by atoms with E-state index in [1.165, 1.54) is 13.8 Å². The SMILES string of the molecule is COc1cc(C)cc2c1OCC[C@H]2NC(=O)C(C)(C)S(C)(=O)=O. The van der Waals surface area contributed by atoms with Gasteiger partial charge in [0.1, 0.15) is 4.75 Å². The van der Waals surface area contributed by atoms with E-state index >= 15 is 0 Å². The van der Waals surface area contributed by atoms with Crippen molar-refractivity contribution in [2.45, 2.75) is 38.0 Å². The van der Waals surface area contributed by atoms with Gasteiger partial charge in [0.05, 0.1) is 19.8 Å². The van der Waals surface area contributed by atoms with Gasteiger partial charge in [0.25, 0.3) is 0 Å². The molecule has 0 saturated carbocycles. The number of aryl methyl sites for hydroxylation is 1. The molecule has 0 aromatic heterocycles. The first-order chi connectivity index (χ1) is 10.6. The molecule has 2 rings (SSSR count). The number of hydrogen-bond acceptors (Lipinski definition) is 5. The number of carbonyl (C=O) groups is 1. The minimum Gasteiger partial charge on any atom is -0.493 e. The van der Waals surface area contributed by atoms with Crippen LogP contribution in [-0.2, 0) is 14.6 Å². The first-order valence-corrected chi connectivity index (χ1v) is 9.29. The van der Waals surface area contributed by atoms with Crippen LogP contribution in [0, 0.1) is 6.92 Å². The molecular weight excluding hydrogens is 318 g/mol. The summed E-state index contributed by atoms with van der Waals surface area (Å²) >= 11 is 0. The molecule has 1 N–H and O–H groups in total. The first-order valence-electron chi connectivity index (χ1n) is 7.40. The third kappa shape index (κ3) is 3.29. The van der Waals surface area contributed by atoms with E-state index < -0.39 is 20.5 Å². The molecule has 1 heterocycles. The van der Waals surface area contributed by atoms with Gasteiger partial charge < -0.3 is 14.8 Å². The van der Waals surface area contributed by atoms with Crippen molar-refractivity contribution >= 4 is 15.7 Å². The van der Waals surface area contributed by atoms with E-state index in [0.29, 0.717) is 24.5 Å². The van der Waals surface area contributed by atoms with Crippen molar-refractivity contribution < 1.29 is 22.7 Å². The molecule has 1 aromatic rings. The molecule has 23 heavy (non-hydrogen) atoms. The second-order valence-electron chi connectivity index (χ2n) is 6.33. The summed E-state index contributed by atoms with van der Waals surface area (Å²) in [6.45, 7) is 5.18. The van der Waals surface area contributed by atoms with Gasteiger partial charge in [-0.05, 0) is 32.4 Å². The normalized spacial score (nSPS) is 17.9. The molecule has 0 spiro atoms. The Morgan fingerprint density at radius 3 is 2.61 bits per heavy atom. The van der Waals surface area contributed by atoms with E-state index in [1.54, 1.807) is 7.11 Å². The number of ether oxygens (including phenoxy) is 2. The average Bonchev–Trinajstić information content (AvgIpc) is 2.45. The minimum absolute atomic E-state index is 0.305. The predicted octanol–water partition coefficient (Wildman–Crippen LogP) is 1.77. The molecule has 1 aliphatic heterocycles. The van der Waals surface area contributed by atoms with E-state index in [2.05, 4.69) is 5.32 Å². The number of benzene rings is 1. The summed E-state index contributed by atoms with van der Waals surface area (Å²) in [4.78, 5) is 12.5. The Morgan fingerprint density at radius 1 is 1.39 bits per heavy atom. The maximum Gasteiger partial charge on any atom is 0.241 e. The lowest BCUT2D eigenvalue weighted by atomic mass is 9.97. The maximum atomic E-state index is 12.5. The van der Waals surface area contributed by atoms with Crippen LogP contribution in [-0.4, -0.2) is 39.0 Å². The molecule has 1 amide bonds. The van der Waals surface area contributed by atoms with E-state index in [0.717, 1.165) is 17.4 Å². The summed E-state index contributed by atoms with van der Waals surface area (Å²) in [6.07, 6.45) is 1.64. The van der Waals surface area contributed by atoms with Crippen molar-refractivity contribution in [3.05, 3.63) is 23.3 Å². The molecule has 0 fully saturated rings. The molecule has 7 heteroatoms. The predicted molar refractivity (Wildman–Crippen MR) is 87.6 cm³/mol. The number of methoxy groups -OCH3 is 1. The average molecular weight is 341 g/mol. The van der Waals surface area contributed by atoms with Gasteiger partial charge >= 0.3 is 0 Å². The van der Waals surface area contributed by atoms with E-state index in [4.69, 9.17) is 9.47 Å². The Labute approximate surface area is 137 Å². The van der Waals surface area contributed by atoms with Crippen LogP contribution in [0.3, 0.4) is 0 Å². The molecule has 1 atom stereocenters. The van der Waals surface area contributed by atoms with E-state index in [9.17, 15) is 13.2 Å². The number of rotatable bonds is 4. The number of carbonyl (C=O) groups excluding carboxylic acids is 1. The van der Waals surface area contributed by atoms with Gasteiger partial charge in [0.15, 0.2) is 21.3 Å². The third-order valence-corrected chi connectivity index (χ3v) is 6.29. The van der Waals surface area contributed by atoms with Crippen LogP contribution in [0.25, 0.3) is 0 Å². The lowest BCUT2D eigenvalue weighted by Crippen LogP contribution is -2.49. The summed E-state index contributed by atoms with van der Waals surface area (Å²) in [5.74, 6) is 0.700. The van der Waals surface area contributed by atoms with Crippen LogP contribution in [0.2, 0.25) is 0 Å². The Bertz CT molecular complexity index is 724. The molecular formula is C16H23NO5S. The Balaban J connectivity index is 2.35. The maximum absolute atomic E-state index is 12.5. The second-order valence-corrected chi connectivity index (χ2v) is 8.90. The fraction of sp³-hybridized carbons (Fsp3) is 0.562. The van der Waals surface area contributed by atoms with Crippen molar-refractivity contribution in [2.75, 3.05) is 20.0 Å². The van der Waals surface area contributed by atoms with Gasteiger partial charge in [-0.2, -0.15) is 0 Å². The fourth-order valence-corrected chi connectivity index (χ4v) is 2.81. The Hall–Kier alpha value is -1.76. The highest BCUT2D eigenvalue weighted by atomic mass is 32.2. The monoisotopic (exact) mass is 341 g/mol. The Morgan fingerprint density at radius 2 is 2.04 bits per heavy atom. The van der Waals surface area contributed by atoms with Crippen LogP contribution in [0.15, 0.2) is 12.1 Å². The molecule has 6 nitrogen and oxygen atoms in total. The van der Waals surface area contributed by atoms with E-state index in [-0.39, 0.29) is 6.04 Å². The molecule has 0 unspecified atom stereocenters. The zero-order valence-corrected chi connectivity index (χ0v) is 14.9. The van der Waals surface area contributed by atoms with Crippen molar-refractivity contribution in [1.29, 1.82) is 0 Å². The first kappa shape index (κ1) is 17.6. The molecule has 0 radical (unpaired) electrons. The van der Waals surface area contributed by atoms with Crippen LogP contribution >= 0.6 is 0 Å². The number of hydrogen-bond donors (Lipinski definition) is 1. The number of sulfone groups is 1. The summed E-state index contributed by atoms with van der Waals surface area (Å²) in [7, 11) is -1.96. The third-order valence-electron chi connectivity index (χ3n) is 4.26. The molecule has 128 valence electrons. The van der Waals surface area contributed by atoms with Gasteiger partial charge in [-0.3, -0.25) is 4.79 Å². The second kappa shape index (κ2) is 6.03. The molecule has 0 saturated heterocycles. The van der Waals surface area contributed by atoms with Crippen molar-refractivity contribution in [2.24, 2.45) is 0 Å². The topological polar surface area (TPSA) is 81.7 Å². The highest BCUT2D eigenvalue weighted by Gasteiger charge is 2.40. The minimum atomic E-state index is -3.52. The summed E-state index contributed by atoms with van der Waals surface area (Å²) < 4.78 is 33.2. The van der Waals surface area contributed by atoms with Crippen molar-refractivity contribution in [3.63, 3.8) is 0 Å². The van der Waals surface area contributed by atoms with Gasteiger partial charge in [-0.25, -0.2) is 8.42 Å². The molecule has 0 aliphatic carbocycles. The Kier molecular flexibility index (Phi) is 4.61. The van der Waals surface area contributed by atoms with Crippen LogP contribution < -0.4 is 14.8 Å². The largest absolute Gasteiger partial charge is 0.493 e. The fourth-order valence-electron chi connectivity index (χ4n) is 2.42. The quantitative estimate of drug-likeness (QED) is 0.902. The van der Waals surface area contributed by atoms with Gasteiger partial charge in [-0.15, -0.1) is 0 Å². The summed E-state index contributed by atoms with van der Waals surface area (Å²) in [6, 6.07) is 3.49. The van der Waals surface area contributed by atoms with Gasteiger partial charge in [-0.1, -0.05) is 6.07 Å². The standard InChI is InChI=1S/C16H23NO5S/c1-10-8-11-12(6-7-22-14(11)13(9-10)21-4)17-15(18)16(2,3)23(5,19)20/h8-9,12H,6-7H2,1-5H3,(H,17,18)/t12-/m1/s1. The lowest BCUT2D eigenvalue weighted by molar-refractivity contribution is -0.123. The number of nitrogens with one attached hydrogen (secondary N) is 1. The summed E-state index contributed by atoms with van der Waals surface area (Å²) in [5, 5.41) is 2.85. The van der Waals surface area contributed by atoms with Gasteiger partial charge in [0.2, 0.25) is 5.91 Å². The van der Waals surface area contributed by atoms with Crippen LogP contribution in [0.4, 0.5) is 0 Å². The number of fused-ring (bicyclic) bond motifs is 1. The van der Waals surface area contributed by atoms with Crippen LogP contribution in [0.1, 0.15) is 37.4 Å². The zero-order valence-electron chi connectivity index (χ0n) is 14.1. The van der Waals surface area contributed by atoms with Crippen molar-refractivity contribution in [1.82, 2.24) is 5.32 Å². The lowest BCUT2D eigenvalue weighted by Gasteiger charge is -2.31. The highest BCUT2D eigenvalue weighted by molar-refractivity contribution is 7.92. The zero-order chi connectivity index (χ0) is 17.4. The van der Waals surface area contributed by atoms with Gasteiger partial charge in [0, 0.05) is 18.2 Å². The van der Waals surface area contributed by atoms with Crippen molar-refractivity contribution in [3.8, 4) is 11.5 Å². The smallest absolute Gasteiger partial charge is 0.241 e. The highest BCUT2D eigenvalue weighted by Crippen LogP contribution is 2.40. The molecule has 1 aliphatic rings. The van der Waals surface area contributed by atoms with E-state index in [1.807, 2.05) is 19.1 Å².